The highest BCUT2D eigenvalue weighted by Crippen LogP contribution is 2.32. The maximum atomic E-state index is 2.58. The van der Waals surface area contributed by atoms with Crippen LogP contribution in [0, 0.1) is 0 Å². The number of quaternary nitrogens is 1. The van der Waals surface area contributed by atoms with Gasteiger partial charge in [-0.15, -0.1) is 0 Å². The van der Waals surface area contributed by atoms with Crippen LogP contribution >= 0.6 is 0 Å². The molecule has 53 heavy (non-hydrogen) atoms. The van der Waals surface area contributed by atoms with Crippen molar-refractivity contribution in [3.8, 4) is 0 Å². The molecule has 5 aromatic rings. The zero-order valence-corrected chi connectivity index (χ0v) is 38.8. The fraction of sp³-hybridized carbons (Fsp3) is 0.435. The van der Waals surface area contributed by atoms with Crippen molar-refractivity contribution in [1.29, 1.82) is 0 Å². The number of hydrogen-bond donors (Lipinski definition) is 0. The molecule has 1 aliphatic rings. The number of pyridine rings is 2. The molecular formula is C46H61I3N4. The van der Waals surface area contributed by atoms with Crippen molar-refractivity contribution >= 4 is 46.1 Å². The van der Waals surface area contributed by atoms with Crippen LogP contribution < -0.4 is 81.1 Å². The van der Waals surface area contributed by atoms with Gasteiger partial charge in [-0.05, 0) is 85.0 Å². The summed E-state index contributed by atoms with van der Waals surface area (Å²) in [5.74, 6) is 0. The van der Waals surface area contributed by atoms with Crippen LogP contribution in [0.15, 0.2) is 85.5 Å². The molecule has 4 nitrogen and oxygen atoms in total. The van der Waals surface area contributed by atoms with E-state index in [1.54, 1.807) is 0 Å². The van der Waals surface area contributed by atoms with Gasteiger partial charge in [0.05, 0.1) is 26.7 Å². The number of unbranched alkanes of at least 4 members (excludes halogenated alkanes) is 9. The van der Waals surface area contributed by atoms with Crippen LogP contribution in [0.25, 0.3) is 46.1 Å². The second-order valence-corrected chi connectivity index (χ2v) is 15.4. The smallest absolute Gasteiger partial charge is 0.169 e. The Kier molecular flexibility index (Phi) is 20.0. The number of fused-ring (bicyclic) bond motifs is 3. The lowest BCUT2D eigenvalue weighted by molar-refractivity contribution is -0.914. The Balaban J connectivity index is 0.00000252. The van der Waals surface area contributed by atoms with Gasteiger partial charge < -0.3 is 81.0 Å². The number of nitrogens with zero attached hydrogens (tertiary/aromatic N) is 4. The summed E-state index contributed by atoms with van der Waals surface area (Å²) in [7, 11) is 6.60. The lowest BCUT2D eigenvalue weighted by Crippen LogP contribution is -3.00. The van der Waals surface area contributed by atoms with Crippen molar-refractivity contribution in [2.45, 2.75) is 90.0 Å². The highest BCUT2D eigenvalue weighted by Gasteiger charge is 2.23. The number of aromatic nitrogens is 3. The third-order valence-corrected chi connectivity index (χ3v) is 11.1. The molecule has 0 amide bonds. The lowest BCUT2D eigenvalue weighted by Gasteiger charge is -2.37. The molecule has 2 aromatic carbocycles. The van der Waals surface area contributed by atoms with E-state index in [1.165, 1.54) is 152 Å². The third kappa shape index (κ3) is 13.7. The molecule has 0 atom stereocenters. The molecule has 0 spiro atoms. The topological polar surface area (TPSA) is 12.7 Å². The summed E-state index contributed by atoms with van der Waals surface area (Å²) in [6.45, 7) is 5.31. The fourth-order valence-corrected chi connectivity index (χ4v) is 7.90. The SMILES string of the molecule is C[n+]1ccc(/C=C/c2ccc3c(c2)c2cc(/C=C/c4cc[n+](C)cc4)ccc2n3CCCCCCCCCCCC[N+]2(C)CCCCC2)cc1.[I-].[I-].[I-]. The van der Waals surface area contributed by atoms with Crippen molar-refractivity contribution in [2.75, 3.05) is 26.7 Å². The van der Waals surface area contributed by atoms with Gasteiger partial charge >= 0.3 is 0 Å². The molecule has 1 saturated heterocycles. The van der Waals surface area contributed by atoms with Gasteiger partial charge in [0.1, 0.15) is 14.1 Å². The predicted octanol–water partition coefficient (Wildman–Crippen LogP) is 1.33. The van der Waals surface area contributed by atoms with Gasteiger partial charge in [-0.1, -0.05) is 81.4 Å². The average molecular weight is 1050 g/mol. The maximum Gasteiger partial charge on any atom is 0.169 e. The summed E-state index contributed by atoms with van der Waals surface area (Å²) in [4.78, 5) is 0. The molecule has 7 heteroatoms. The first kappa shape index (κ1) is 45.6. The molecule has 1 aliphatic heterocycles. The second kappa shape index (κ2) is 23.3. The summed E-state index contributed by atoms with van der Waals surface area (Å²) >= 11 is 0. The van der Waals surface area contributed by atoms with Gasteiger partial charge in [0, 0.05) is 52.6 Å². The Labute approximate surface area is 371 Å². The van der Waals surface area contributed by atoms with E-state index in [9.17, 15) is 0 Å². The first-order valence-corrected chi connectivity index (χ1v) is 19.6. The van der Waals surface area contributed by atoms with Crippen molar-refractivity contribution in [2.24, 2.45) is 14.1 Å². The van der Waals surface area contributed by atoms with Crippen molar-refractivity contribution < 1.29 is 85.5 Å². The third-order valence-electron chi connectivity index (χ3n) is 11.1. The molecule has 0 unspecified atom stereocenters. The number of rotatable bonds is 17. The summed E-state index contributed by atoms with van der Waals surface area (Å²) < 4.78 is 8.06. The Hall–Kier alpha value is -1.83. The Morgan fingerprint density at radius 1 is 0.509 bits per heavy atom. The van der Waals surface area contributed by atoms with Crippen LogP contribution in [-0.2, 0) is 20.6 Å². The van der Waals surface area contributed by atoms with E-state index in [-0.39, 0.29) is 71.9 Å². The largest absolute Gasteiger partial charge is 1.00 e. The zero-order valence-electron chi connectivity index (χ0n) is 32.3. The quantitative estimate of drug-likeness (QED) is 0.0579. The van der Waals surface area contributed by atoms with Crippen molar-refractivity contribution in [3.63, 3.8) is 0 Å². The Morgan fingerprint density at radius 3 is 1.36 bits per heavy atom. The number of aryl methyl sites for hydroxylation is 3. The van der Waals surface area contributed by atoms with Gasteiger partial charge in [0.15, 0.2) is 24.8 Å². The molecule has 0 saturated carbocycles. The van der Waals surface area contributed by atoms with Gasteiger partial charge in [-0.25, -0.2) is 9.13 Å². The highest BCUT2D eigenvalue weighted by molar-refractivity contribution is 6.09. The van der Waals surface area contributed by atoms with Crippen molar-refractivity contribution in [1.82, 2.24) is 4.57 Å². The molecule has 6 rings (SSSR count). The molecule has 3 aromatic heterocycles. The number of benzene rings is 2. The van der Waals surface area contributed by atoms with Crippen LogP contribution in [0.1, 0.15) is 106 Å². The minimum atomic E-state index is 0. The van der Waals surface area contributed by atoms with Gasteiger partial charge in [0.2, 0.25) is 0 Å². The van der Waals surface area contributed by atoms with E-state index >= 15 is 0 Å². The lowest BCUT2D eigenvalue weighted by atomic mass is 10.0. The Morgan fingerprint density at radius 2 is 0.906 bits per heavy atom. The van der Waals surface area contributed by atoms with E-state index in [0.717, 1.165) is 6.54 Å². The summed E-state index contributed by atoms with van der Waals surface area (Å²) in [5, 5.41) is 2.69. The standard InChI is InChI=1S/C46H61N4.3HI/c1-47-30-25-39(26-31-47)17-19-41-21-23-45-43(37-41)44-38-42(20-18-40-27-32-48(2)33-28-40)22-24-46(44)49(45)29-13-10-8-6-4-5-7-9-11-14-34-50(3)35-15-12-16-36-50;;;/h17-28,30-33,37-38H,4-16,29,34-36H2,1-3H3;3*1H/q+3;;;/p-3. The molecule has 0 N–H and O–H groups in total. The fourth-order valence-electron chi connectivity index (χ4n) is 7.90. The van der Waals surface area contributed by atoms with E-state index in [1.807, 2.05) is 0 Å². The molecule has 1 fully saturated rings. The van der Waals surface area contributed by atoms with E-state index in [0.29, 0.717) is 0 Å². The zero-order chi connectivity index (χ0) is 34.6. The first-order valence-electron chi connectivity index (χ1n) is 19.6. The number of likely N-dealkylation sites (tertiary alicyclic amines) is 1. The molecule has 0 radical (unpaired) electrons. The second-order valence-electron chi connectivity index (χ2n) is 15.4. The molecule has 0 bridgehead atoms. The van der Waals surface area contributed by atoms with E-state index < -0.39 is 0 Å². The molecule has 4 heterocycles. The van der Waals surface area contributed by atoms with Crippen LogP contribution in [0.2, 0.25) is 0 Å². The van der Waals surface area contributed by atoms with Crippen molar-refractivity contribution in [3.05, 3.63) is 108 Å². The summed E-state index contributed by atoms with van der Waals surface area (Å²) in [6.07, 6.45) is 35.4. The Bertz CT molecular complexity index is 1760. The van der Waals surface area contributed by atoms with Gasteiger partial charge in [0.25, 0.3) is 0 Å². The predicted molar refractivity (Wildman–Crippen MR) is 213 cm³/mol. The van der Waals surface area contributed by atoms with Crippen LogP contribution in [0.3, 0.4) is 0 Å². The first-order chi connectivity index (χ1) is 24.5. The number of piperidine rings is 1. The van der Waals surface area contributed by atoms with Gasteiger partial charge in [-0.3, -0.25) is 0 Å². The number of halogens is 3. The minimum Gasteiger partial charge on any atom is -1.00 e. The van der Waals surface area contributed by atoms with Crippen LogP contribution in [0.5, 0.6) is 0 Å². The van der Waals surface area contributed by atoms with Crippen LogP contribution in [-0.4, -0.2) is 35.7 Å². The van der Waals surface area contributed by atoms with Crippen LogP contribution in [0.4, 0.5) is 0 Å². The van der Waals surface area contributed by atoms with E-state index in [2.05, 4.69) is 145 Å². The molecule has 286 valence electrons. The molecule has 0 aliphatic carbocycles. The summed E-state index contributed by atoms with van der Waals surface area (Å²) in [6, 6.07) is 22.6. The monoisotopic (exact) mass is 1050 g/mol. The average Bonchev–Trinajstić information content (AvgIpc) is 3.43. The molecular weight excluding hydrogens is 989 g/mol. The maximum absolute atomic E-state index is 2.58. The normalized spacial score (nSPS) is 14.0. The minimum absolute atomic E-state index is 0. The summed E-state index contributed by atoms with van der Waals surface area (Å²) in [5.41, 5.74) is 7.59. The number of hydrogen-bond acceptors (Lipinski definition) is 0. The highest BCUT2D eigenvalue weighted by atomic mass is 127. The van der Waals surface area contributed by atoms with Gasteiger partial charge in [-0.2, -0.15) is 0 Å². The van der Waals surface area contributed by atoms with E-state index in [4.69, 9.17) is 0 Å².